The van der Waals surface area contributed by atoms with E-state index in [-0.39, 0.29) is 0 Å². The van der Waals surface area contributed by atoms with E-state index in [2.05, 4.69) is 25.8 Å². The van der Waals surface area contributed by atoms with E-state index in [0.29, 0.717) is 0 Å². The second-order valence-electron chi connectivity index (χ2n) is 5.22. The van der Waals surface area contributed by atoms with E-state index in [1.54, 1.807) is 0 Å². The predicted molar refractivity (Wildman–Crippen MR) is 52.0 cm³/mol. The van der Waals surface area contributed by atoms with Gasteiger partial charge in [0, 0.05) is 13.1 Å². The Kier molecular flexibility index (Phi) is 2.16. The van der Waals surface area contributed by atoms with Gasteiger partial charge in [-0.25, -0.2) is 0 Å². The van der Waals surface area contributed by atoms with Crippen molar-refractivity contribution in [2.75, 3.05) is 20.1 Å². The molecule has 0 N–H and O–H groups in total. The Balaban J connectivity index is 1.93. The van der Waals surface area contributed by atoms with Crippen molar-refractivity contribution in [1.82, 2.24) is 4.90 Å². The lowest BCUT2D eigenvalue weighted by Crippen LogP contribution is -2.17. The number of hydrogen-bond acceptors (Lipinski definition) is 1. The summed E-state index contributed by atoms with van der Waals surface area (Å²) in [5, 5.41) is 0. The average molecular weight is 167 g/mol. The van der Waals surface area contributed by atoms with Crippen LogP contribution in [0.5, 0.6) is 0 Å². The lowest BCUT2D eigenvalue weighted by molar-refractivity contribution is 0.315. The number of rotatable bonds is 1. The van der Waals surface area contributed by atoms with E-state index in [9.17, 15) is 0 Å². The van der Waals surface area contributed by atoms with Crippen LogP contribution in [-0.2, 0) is 0 Å². The summed E-state index contributed by atoms with van der Waals surface area (Å²) in [5.41, 5.74) is 0. The van der Waals surface area contributed by atoms with Crippen LogP contribution in [0.4, 0.5) is 0 Å². The molecule has 3 atom stereocenters. The average Bonchev–Trinajstić information content (AvgIpc) is 2.42. The zero-order valence-electron chi connectivity index (χ0n) is 8.59. The lowest BCUT2D eigenvalue weighted by atomic mass is 9.93. The van der Waals surface area contributed by atoms with Crippen molar-refractivity contribution in [3.8, 4) is 0 Å². The van der Waals surface area contributed by atoms with Gasteiger partial charge in [0.2, 0.25) is 0 Å². The zero-order chi connectivity index (χ0) is 8.72. The smallest absolute Gasteiger partial charge is 0.000996 e. The molecule has 1 saturated carbocycles. The van der Waals surface area contributed by atoms with E-state index in [4.69, 9.17) is 0 Å². The van der Waals surface area contributed by atoms with E-state index in [1.165, 1.54) is 25.9 Å². The maximum Gasteiger partial charge on any atom is 0.000996 e. The summed E-state index contributed by atoms with van der Waals surface area (Å²) in [5.74, 6) is 4.04. The summed E-state index contributed by atoms with van der Waals surface area (Å²) in [6.45, 7) is 7.51. The molecule has 0 aromatic rings. The zero-order valence-corrected chi connectivity index (χ0v) is 8.59. The molecule has 0 aromatic heterocycles. The highest BCUT2D eigenvalue weighted by molar-refractivity contribution is 4.91. The largest absolute Gasteiger partial charge is 0.306 e. The minimum absolute atomic E-state index is 0.918. The molecule has 1 saturated heterocycles. The highest BCUT2D eigenvalue weighted by atomic mass is 15.1. The molecule has 2 fully saturated rings. The lowest BCUT2D eigenvalue weighted by Gasteiger charge is -2.17. The normalized spacial score (nSPS) is 42.5. The van der Waals surface area contributed by atoms with Crippen molar-refractivity contribution >= 4 is 0 Å². The van der Waals surface area contributed by atoms with Crippen LogP contribution in [0.25, 0.3) is 0 Å². The second kappa shape index (κ2) is 3.02. The molecule has 1 heteroatoms. The van der Waals surface area contributed by atoms with Crippen LogP contribution >= 0.6 is 0 Å². The predicted octanol–water partition coefficient (Wildman–Crippen LogP) is 2.23. The van der Waals surface area contributed by atoms with Gasteiger partial charge in [-0.15, -0.1) is 0 Å². The maximum absolute atomic E-state index is 2.51. The van der Waals surface area contributed by atoms with Gasteiger partial charge in [-0.1, -0.05) is 13.8 Å². The molecule has 2 rings (SSSR count). The van der Waals surface area contributed by atoms with Gasteiger partial charge >= 0.3 is 0 Å². The van der Waals surface area contributed by atoms with Crippen LogP contribution in [-0.4, -0.2) is 25.0 Å². The third kappa shape index (κ3) is 1.39. The van der Waals surface area contributed by atoms with Gasteiger partial charge in [0.1, 0.15) is 0 Å². The molecular formula is C11H21N. The Bertz CT molecular complexity index is 150. The summed E-state index contributed by atoms with van der Waals surface area (Å²) >= 11 is 0. The molecule has 1 nitrogen and oxygen atoms in total. The summed E-state index contributed by atoms with van der Waals surface area (Å²) in [6.07, 6.45) is 3.01. The van der Waals surface area contributed by atoms with Crippen LogP contribution in [0.3, 0.4) is 0 Å². The summed E-state index contributed by atoms with van der Waals surface area (Å²) in [7, 11) is 2.27. The molecule has 0 spiro atoms. The van der Waals surface area contributed by atoms with Gasteiger partial charge in [0.15, 0.2) is 0 Å². The molecule has 0 amide bonds. The van der Waals surface area contributed by atoms with Crippen LogP contribution in [0.2, 0.25) is 0 Å². The molecule has 1 unspecified atom stereocenters. The molecule has 2 aliphatic rings. The second-order valence-corrected chi connectivity index (χ2v) is 5.22. The summed E-state index contributed by atoms with van der Waals surface area (Å²) in [4.78, 5) is 2.51. The fourth-order valence-corrected chi connectivity index (χ4v) is 3.13. The standard InChI is InChI=1S/C11H21N/c1-8(2)9-4-10-6-12(3)7-11(10)5-9/h8-11H,4-7H2,1-3H3/t9?,10-,11+. The molecule has 12 heavy (non-hydrogen) atoms. The Morgan fingerprint density at radius 2 is 1.58 bits per heavy atom. The molecule has 70 valence electrons. The van der Waals surface area contributed by atoms with Crippen LogP contribution in [0, 0.1) is 23.7 Å². The van der Waals surface area contributed by atoms with E-state index >= 15 is 0 Å². The van der Waals surface area contributed by atoms with Crippen molar-refractivity contribution in [2.45, 2.75) is 26.7 Å². The van der Waals surface area contributed by atoms with Crippen LogP contribution < -0.4 is 0 Å². The first kappa shape index (κ1) is 8.55. The van der Waals surface area contributed by atoms with Crippen molar-refractivity contribution in [1.29, 1.82) is 0 Å². The first-order chi connectivity index (χ1) is 5.66. The number of hydrogen-bond donors (Lipinski definition) is 0. The maximum atomic E-state index is 2.51. The monoisotopic (exact) mass is 167 g/mol. The van der Waals surface area contributed by atoms with E-state index in [1.807, 2.05) is 0 Å². The van der Waals surface area contributed by atoms with Gasteiger partial charge in [0.05, 0.1) is 0 Å². The topological polar surface area (TPSA) is 3.24 Å². The minimum atomic E-state index is 0.918. The summed E-state index contributed by atoms with van der Waals surface area (Å²) in [6, 6.07) is 0. The van der Waals surface area contributed by atoms with Crippen LogP contribution in [0.15, 0.2) is 0 Å². The first-order valence-corrected chi connectivity index (χ1v) is 5.35. The Morgan fingerprint density at radius 3 is 2.00 bits per heavy atom. The highest BCUT2D eigenvalue weighted by Gasteiger charge is 2.40. The van der Waals surface area contributed by atoms with Crippen molar-refractivity contribution in [3.63, 3.8) is 0 Å². The van der Waals surface area contributed by atoms with Crippen LogP contribution in [0.1, 0.15) is 26.7 Å². The quantitative estimate of drug-likeness (QED) is 0.579. The first-order valence-electron chi connectivity index (χ1n) is 5.35. The third-order valence-electron chi connectivity index (χ3n) is 3.91. The Hall–Kier alpha value is -0.0400. The van der Waals surface area contributed by atoms with Gasteiger partial charge in [-0.2, -0.15) is 0 Å². The number of likely N-dealkylation sites (tertiary alicyclic amines) is 1. The number of nitrogens with zero attached hydrogens (tertiary/aromatic N) is 1. The fraction of sp³-hybridized carbons (Fsp3) is 1.00. The minimum Gasteiger partial charge on any atom is -0.306 e. The molecule has 1 aliphatic heterocycles. The van der Waals surface area contributed by atoms with Gasteiger partial charge in [-0.05, 0) is 43.6 Å². The number of fused-ring (bicyclic) bond motifs is 1. The molecule has 0 aromatic carbocycles. The highest BCUT2D eigenvalue weighted by Crippen LogP contribution is 2.43. The fourth-order valence-electron chi connectivity index (χ4n) is 3.13. The molecule has 1 aliphatic carbocycles. The molecule has 0 radical (unpaired) electrons. The summed E-state index contributed by atoms with van der Waals surface area (Å²) < 4.78 is 0. The van der Waals surface area contributed by atoms with Gasteiger partial charge in [-0.3, -0.25) is 0 Å². The van der Waals surface area contributed by atoms with Crippen molar-refractivity contribution < 1.29 is 0 Å². The Morgan fingerprint density at radius 1 is 1.08 bits per heavy atom. The van der Waals surface area contributed by atoms with Gasteiger partial charge < -0.3 is 4.90 Å². The van der Waals surface area contributed by atoms with E-state index < -0.39 is 0 Å². The molecule has 0 bridgehead atoms. The molecule has 1 heterocycles. The third-order valence-corrected chi connectivity index (χ3v) is 3.91. The van der Waals surface area contributed by atoms with Gasteiger partial charge in [0.25, 0.3) is 0 Å². The Labute approximate surface area is 76.1 Å². The molecular weight excluding hydrogens is 146 g/mol. The van der Waals surface area contributed by atoms with E-state index in [0.717, 1.165) is 23.7 Å². The van der Waals surface area contributed by atoms with Crippen molar-refractivity contribution in [2.24, 2.45) is 23.7 Å². The SMILES string of the molecule is CC(C)C1C[C@@H]2CN(C)C[C@@H]2C1. The van der Waals surface area contributed by atoms with Crippen molar-refractivity contribution in [3.05, 3.63) is 0 Å².